The van der Waals surface area contributed by atoms with E-state index >= 15 is 0 Å². The Morgan fingerprint density at radius 3 is 2.76 bits per heavy atom. The number of benzene rings is 1. The molecule has 0 unspecified atom stereocenters. The summed E-state index contributed by atoms with van der Waals surface area (Å²) >= 11 is 0. The fraction of sp³-hybridized carbons (Fsp3) is 0. The summed E-state index contributed by atoms with van der Waals surface area (Å²) in [5.41, 5.74) is 10.6. The van der Waals surface area contributed by atoms with Crippen LogP contribution in [0.3, 0.4) is 0 Å². The SMILES string of the molecule is N#Cc1c(-c2cccc(-n3cccn3)c2)cc(-c2cc[nH]c2)nc1N. The predicted octanol–water partition coefficient (Wildman–Crippen LogP) is 3.38. The molecule has 6 heteroatoms. The third kappa shape index (κ3) is 2.64. The summed E-state index contributed by atoms with van der Waals surface area (Å²) in [6, 6.07) is 15.7. The molecule has 0 bridgehead atoms. The van der Waals surface area contributed by atoms with Crippen LogP contribution in [-0.4, -0.2) is 19.7 Å². The molecule has 0 amide bonds. The lowest BCUT2D eigenvalue weighted by molar-refractivity contribution is 0.881. The number of nitrogens with one attached hydrogen (secondary N) is 1. The zero-order valence-corrected chi connectivity index (χ0v) is 13.2. The quantitative estimate of drug-likeness (QED) is 0.603. The first-order valence-corrected chi connectivity index (χ1v) is 7.70. The zero-order valence-electron chi connectivity index (χ0n) is 13.2. The van der Waals surface area contributed by atoms with Gasteiger partial charge in [0.25, 0.3) is 0 Å². The molecule has 4 rings (SSSR count). The van der Waals surface area contributed by atoms with E-state index in [4.69, 9.17) is 5.73 Å². The molecular formula is C19H14N6. The zero-order chi connectivity index (χ0) is 17.2. The minimum absolute atomic E-state index is 0.223. The summed E-state index contributed by atoms with van der Waals surface area (Å²) in [5.74, 6) is 0.223. The van der Waals surface area contributed by atoms with Gasteiger partial charge in [0.2, 0.25) is 0 Å². The Kier molecular flexibility index (Phi) is 3.52. The van der Waals surface area contributed by atoms with Crippen molar-refractivity contribution in [1.29, 1.82) is 5.26 Å². The first-order chi connectivity index (χ1) is 12.3. The van der Waals surface area contributed by atoms with Gasteiger partial charge in [0.15, 0.2) is 0 Å². The number of pyridine rings is 1. The maximum Gasteiger partial charge on any atom is 0.142 e. The number of aromatic amines is 1. The van der Waals surface area contributed by atoms with E-state index in [0.717, 1.165) is 28.1 Å². The van der Waals surface area contributed by atoms with E-state index in [1.165, 1.54) is 0 Å². The molecule has 25 heavy (non-hydrogen) atoms. The average molecular weight is 326 g/mol. The van der Waals surface area contributed by atoms with Gasteiger partial charge in [-0.15, -0.1) is 0 Å². The van der Waals surface area contributed by atoms with Crippen LogP contribution in [0.4, 0.5) is 5.82 Å². The molecule has 120 valence electrons. The lowest BCUT2D eigenvalue weighted by atomic mass is 9.98. The Labute approximate surface area is 144 Å². The van der Waals surface area contributed by atoms with Crippen molar-refractivity contribution in [3.63, 3.8) is 0 Å². The second-order valence-electron chi connectivity index (χ2n) is 5.53. The molecule has 0 spiro atoms. The molecule has 3 heterocycles. The van der Waals surface area contributed by atoms with Gasteiger partial charge in [-0.1, -0.05) is 12.1 Å². The minimum Gasteiger partial charge on any atom is -0.383 e. The molecule has 0 saturated carbocycles. The second kappa shape index (κ2) is 5.98. The Balaban J connectivity index is 1.90. The van der Waals surface area contributed by atoms with Gasteiger partial charge >= 0.3 is 0 Å². The highest BCUT2D eigenvalue weighted by molar-refractivity contribution is 5.80. The standard InChI is InChI=1S/C19H14N6/c20-11-17-16(10-18(24-19(17)21)14-5-7-22-12-14)13-3-1-4-15(9-13)25-8-2-6-23-25/h1-10,12,22H,(H2,21,24). The van der Waals surface area contributed by atoms with Crippen molar-refractivity contribution in [2.75, 3.05) is 5.73 Å². The molecule has 0 atom stereocenters. The van der Waals surface area contributed by atoms with Crippen LogP contribution in [0.25, 0.3) is 28.1 Å². The van der Waals surface area contributed by atoms with Crippen LogP contribution in [0.5, 0.6) is 0 Å². The molecule has 6 nitrogen and oxygen atoms in total. The van der Waals surface area contributed by atoms with E-state index in [0.29, 0.717) is 5.56 Å². The molecule has 4 aromatic rings. The van der Waals surface area contributed by atoms with Crippen molar-refractivity contribution >= 4 is 5.82 Å². The van der Waals surface area contributed by atoms with Crippen LogP contribution in [0.15, 0.2) is 67.3 Å². The summed E-state index contributed by atoms with van der Waals surface area (Å²) in [6.45, 7) is 0. The maximum absolute atomic E-state index is 9.54. The van der Waals surface area contributed by atoms with Crippen LogP contribution in [0.2, 0.25) is 0 Å². The van der Waals surface area contributed by atoms with Crippen LogP contribution in [0, 0.1) is 11.3 Å². The average Bonchev–Trinajstić information content (AvgIpc) is 3.35. The largest absolute Gasteiger partial charge is 0.383 e. The van der Waals surface area contributed by atoms with Gasteiger partial charge in [0.05, 0.1) is 11.4 Å². The lowest BCUT2D eigenvalue weighted by Crippen LogP contribution is -2.00. The minimum atomic E-state index is 0.223. The van der Waals surface area contributed by atoms with Gasteiger partial charge in [-0.2, -0.15) is 10.4 Å². The number of nitrogens with two attached hydrogens (primary N) is 1. The summed E-state index contributed by atoms with van der Waals surface area (Å²) < 4.78 is 1.77. The normalized spacial score (nSPS) is 10.5. The molecular weight excluding hydrogens is 312 g/mol. The number of anilines is 1. The number of aromatic nitrogens is 4. The molecule has 0 aliphatic rings. The Bertz CT molecular complexity index is 1060. The van der Waals surface area contributed by atoms with Gasteiger partial charge in [-0.25, -0.2) is 9.67 Å². The van der Waals surface area contributed by atoms with Crippen molar-refractivity contribution < 1.29 is 0 Å². The maximum atomic E-state index is 9.54. The summed E-state index contributed by atoms with van der Waals surface area (Å²) in [6.07, 6.45) is 7.26. The van der Waals surface area contributed by atoms with E-state index in [9.17, 15) is 5.26 Å². The van der Waals surface area contributed by atoms with E-state index in [1.54, 1.807) is 10.9 Å². The van der Waals surface area contributed by atoms with E-state index in [-0.39, 0.29) is 5.82 Å². The Morgan fingerprint density at radius 2 is 2.04 bits per heavy atom. The van der Waals surface area contributed by atoms with Crippen LogP contribution in [0.1, 0.15) is 5.56 Å². The number of nitriles is 1. The number of hydrogen-bond donors (Lipinski definition) is 2. The number of hydrogen-bond acceptors (Lipinski definition) is 4. The van der Waals surface area contributed by atoms with Crippen molar-refractivity contribution in [2.24, 2.45) is 0 Å². The number of nitrogens with zero attached hydrogens (tertiary/aromatic N) is 4. The van der Waals surface area contributed by atoms with E-state index in [2.05, 4.69) is 21.1 Å². The smallest absolute Gasteiger partial charge is 0.142 e. The lowest BCUT2D eigenvalue weighted by Gasteiger charge is -2.11. The monoisotopic (exact) mass is 326 g/mol. The highest BCUT2D eigenvalue weighted by Crippen LogP contribution is 2.31. The number of nitrogen functional groups attached to an aromatic ring is 1. The second-order valence-corrected chi connectivity index (χ2v) is 5.53. The topological polar surface area (TPSA) is 96.3 Å². The number of H-pyrrole nitrogens is 1. The summed E-state index contributed by atoms with van der Waals surface area (Å²) in [4.78, 5) is 7.37. The van der Waals surface area contributed by atoms with Crippen molar-refractivity contribution in [1.82, 2.24) is 19.7 Å². The first-order valence-electron chi connectivity index (χ1n) is 7.70. The molecule has 0 aliphatic carbocycles. The third-order valence-corrected chi connectivity index (χ3v) is 3.98. The number of rotatable bonds is 3. The Hall–Kier alpha value is -3.85. The molecule has 0 fully saturated rings. The molecule has 0 aliphatic heterocycles. The summed E-state index contributed by atoms with van der Waals surface area (Å²) in [7, 11) is 0. The van der Waals surface area contributed by atoms with Gasteiger partial charge in [0.1, 0.15) is 17.5 Å². The fourth-order valence-corrected chi connectivity index (χ4v) is 2.78. The van der Waals surface area contributed by atoms with Gasteiger partial charge in [0, 0.05) is 35.9 Å². The van der Waals surface area contributed by atoms with E-state index < -0.39 is 0 Å². The Morgan fingerprint density at radius 1 is 1.12 bits per heavy atom. The predicted molar refractivity (Wildman–Crippen MR) is 95.7 cm³/mol. The molecule has 3 aromatic heterocycles. The molecule has 0 radical (unpaired) electrons. The molecule has 3 N–H and O–H groups in total. The van der Waals surface area contributed by atoms with Crippen LogP contribution in [-0.2, 0) is 0 Å². The highest BCUT2D eigenvalue weighted by Gasteiger charge is 2.14. The van der Waals surface area contributed by atoms with Crippen molar-refractivity contribution in [3.8, 4) is 34.1 Å². The first kappa shape index (κ1) is 14.7. The van der Waals surface area contributed by atoms with E-state index in [1.807, 2.05) is 61.1 Å². The third-order valence-electron chi connectivity index (χ3n) is 3.98. The summed E-state index contributed by atoms with van der Waals surface area (Å²) in [5, 5.41) is 13.8. The van der Waals surface area contributed by atoms with Gasteiger partial charge < -0.3 is 10.7 Å². The van der Waals surface area contributed by atoms with Crippen molar-refractivity contribution in [3.05, 3.63) is 72.8 Å². The van der Waals surface area contributed by atoms with Crippen LogP contribution < -0.4 is 5.73 Å². The fourth-order valence-electron chi connectivity index (χ4n) is 2.78. The van der Waals surface area contributed by atoms with Crippen molar-refractivity contribution in [2.45, 2.75) is 0 Å². The van der Waals surface area contributed by atoms with Gasteiger partial charge in [-0.05, 0) is 35.9 Å². The molecule has 1 aromatic carbocycles. The van der Waals surface area contributed by atoms with Crippen LogP contribution >= 0.6 is 0 Å². The highest BCUT2D eigenvalue weighted by atomic mass is 15.3. The van der Waals surface area contributed by atoms with Gasteiger partial charge in [-0.3, -0.25) is 0 Å². The molecule has 0 saturated heterocycles.